The van der Waals surface area contributed by atoms with Crippen LogP contribution in [0, 0.1) is 0 Å². The van der Waals surface area contributed by atoms with Gasteiger partial charge in [0.25, 0.3) is 0 Å². The smallest absolute Gasteiger partial charge is 0 e. The van der Waals surface area contributed by atoms with Gasteiger partial charge >= 0.3 is 0 Å². The summed E-state index contributed by atoms with van der Waals surface area (Å²) in [5, 5.41) is 0. The average Bonchev–Trinajstić information content (AvgIpc) is 2.08. The summed E-state index contributed by atoms with van der Waals surface area (Å²) in [5.74, 6) is 0. The summed E-state index contributed by atoms with van der Waals surface area (Å²) >= 11 is 0. The van der Waals surface area contributed by atoms with E-state index < -0.39 is 0 Å². The zero-order chi connectivity index (χ0) is 21.5. The Morgan fingerprint density at radius 3 is 0.200 bits per heavy atom. The molecule has 162 valence electrons. The van der Waals surface area contributed by atoms with E-state index in [1.54, 1.807) is 0 Å². The summed E-state index contributed by atoms with van der Waals surface area (Å²) in [6, 6.07) is 0. The Morgan fingerprint density at radius 1 is 0.200 bits per heavy atom. The van der Waals surface area contributed by atoms with Crippen LogP contribution in [0.2, 0.25) is 0 Å². The zero-order valence-corrected chi connectivity index (χ0v) is 28.5. The molecule has 0 nitrogen and oxygen atoms in total. The molecule has 0 heterocycles. The van der Waals surface area contributed by atoms with Gasteiger partial charge in [-0.3, -0.25) is 0 Å². The van der Waals surface area contributed by atoms with Crippen LogP contribution in [0.15, 0.2) is 0 Å². The van der Waals surface area contributed by atoms with Crippen LogP contribution in [0.1, 0.15) is 0 Å². The first-order valence-electron chi connectivity index (χ1n) is 8.05. The molecule has 0 fully saturated rings. The molecule has 7 heteroatoms. The molecule has 0 rings (SSSR count). The van der Waals surface area contributed by atoms with Crippen LogP contribution in [0.4, 0.5) is 0 Å². The van der Waals surface area contributed by atoms with Crippen LogP contribution >= 0.6 is 47.5 Å². The molecule has 0 amide bonds. The topological polar surface area (TPSA) is 0 Å². The van der Waals surface area contributed by atoms with Crippen molar-refractivity contribution in [2.75, 3.05) is 120 Å². The van der Waals surface area contributed by atoms with E-state index in [1.165, 1.54) is 0 Å². The van der Waals surface area contributed by atoms with E-state index >= 15 is 0 Å². The van der Waals surface area contributed by atoms with Gasteiger partial charge in [0.2, 0.25) is 0 Å². The van der Waals surface area contributed by atoms with Crippen molar-refractivity contribution in [3.8, 4) is 0 Å². The van der Waals surface area contributed by atoms with Crippen LogP contribution in [0.5, 0.6) is 0 Å². The number of rotatable bonds is 0. The Kier molecular flexibility index (Phi) is 77.3. The molecular weight excluding hydrogens is 498 g/mol. The third kappa shape index (κ3) is 1630. The maximum Gasteiger partial charge on any atom is 0 e. The van der Waals surface area contributed by atoms with Gasteiger partial charge in [0.15, 0.2) is 0 Å². The zero-order valence-electron chi connectivity index (χ0n) is 21.1. The monoisotopic (exact) mass is 554 g/mol. The average molecular weight is 552 g/mol. The first kappa shape index (κ1) is 46.5. The van der Waals surface area contributed by atoms with Gasteiger partial charge in [0.05, 0.1) is 0 Å². The minimum Gasteiger partial charge on any atom is -0.116 e. The van der Waals surface area contributed by atoms with Crippen molar-refractivity contribution < 1.29 is 21.1 Å². The van der Waals surface area contributed by atoms with Crippen molar-refractivity contribution in [1.82, 2.24) is 0 Å². The molecule has 0 aromatic carbocycles. The fraction of sp³-hybridized carbons (Fsp3) is 1.00. The van der Waals surface area contributed by atoms with Crippen molar-refractivity contribution >= 4 is 47.5 Å². The van der Waals surface area contributed by atoms with E-state index in [4.69, 9.17) is 0 Å². The summed E-state index contributed by atoms with van der Waals surface area (Å²) in [7, 11) is 2.28. The standard InChI is InChI=1S/6C3H9P.Mo/c6*1-4(2)3;/h6*1-3H3;. The van der Waals surface area contributed by atoms with E-state index in [0.717, 1.165) is 0 Å². The van der Waals surface area contributed by atoms with Crippen LogP contribution in [0.3, 0.4) is 0 Å². The summed E-state index contributed by atoms with van der Waals surface area (Å²) < 4.78 is 0. The maximum atomic E-state index is 2.23. The molecule has 0 aliphatic rings. The van der Waals surface area contributed by atoms with Gasteiger partial charge in [-0.05, 0) is 120 Å². The van der Waals surface area contributed by atoms with Crippen molar-refractivity contribution in [1.29, 1.82) is 0 Å². The third-order valence-corrected chi connectivity index (χ3v) is 0. The Hall–Kier alpha value is 3.27. The molecule has 0 N–H and O–H groups in total. The molecule has 0 saturated carbocycles. The van der Waals surface area contributed by atoms with Crippen molar-refractivity contribution in [2.24, 2.45) is 0 Å². The van der Waals surface area contributed by atoms with E-state index in [2.05, 4.69) is 120 Å². The van der Waals surface area contributed by atoms with Crippen molar-refractivity contribution in [3.63, 3.8) is 0 Å². The molecule has 25 heavy (non-hydrogen) atoms. The van der Waals surface area contributed by atoms with E-state index in [9.17, 15) is 0 Å². The van der Waals surface area contributed by atoms with Gasteiger partial charge in [-0.25, -0.2) is 0 Å². The molecule has 0 aliphatic carbocycles. The summed E-state index contributed by atoms with van der Waals surface area (Å²) in [6.45, 7) is 40.2. The summed E-state index contributed by atoms with van der Waals surface area (Å²) in [6.07, 6.45) is 0. The van der Waals surface area contributed by atoms with E-state index in [0.29, 0.717) is 47.5 Å². The normalized spacial score (nSPS) is 8.64. The SMILES string of the molecule is CP(C)C.CP(C)C.CP(C)C.CP(C)C.CP(C)C.CP(C)C.[Mo]. The van der Waals surface area contributed by atoms with Crippen LogP contribution in [-0.4, -0.2) is 120 Å². The fourth-order valence-electron chi connectivity index (χ4n) is 0. The molecule has 0 atom stereocenters. The largest absolute Gasteiger partial charge is 0.116 e. The quantitative estimate of drug-likeness (QED) is 0.210. The van der Waals surface area contributed by atoms with E-state index in [1.807, 2.05) is 0 Å². The molecule has 0 aliphatic heterocycles. The Labute approximate surface area is 187 Å². The molecule has 0 aromatic heterocycles. The van der Waals surface area contributed by atoms with Gasteiger partial charge in [0.1, 0.15) is 0 Å². The first-order chi connectivity index (χ1) is 10.4. The minimum absolute atomic E-state index is 0. The summed E-state index contributed by atoms with van der Waals surface area (Å²) in [5.41, 5.74) is 0. The predicted molar refractivity (Wildman–Crippen MR) is 148 cm³/mol. The number of hydrogen-bond donors (Lipinski definition) is 0. The number of hydrogen-bond acceptors (Lipinski definition) is 0. The van der Waals surface area contributed by atoms with Gasteiger partial charge in [-0.1, -0.05) is 0 Å². The predicted octanol–water partition coefficient (Wildman–Crippen LogP) is 8.14. The van der Waals surface area contributed by atoms with Gasteiger partial charge in [-0.2, -0.15) is 0 Å². The molecule has 0 unspecified atom stereocenters. The van der Waals surface area contributed by atoms with Gasteiger partial charge in [0, 0.05) is 21.1 Å². The van der Waals surface area contributed by atoms with Crippen molar-refractivity contribution in [2.45, 2.75) is 0 Å². The Bertz CT molecular complexity index is 101. The van der Waals surface area contributed by atoms with E-state index in [-0.39, 0.29) is 21.1 Å². The first-order valence-corrected chi connectivity index (χ1v) is 24.1. The molecule has 0 radical (unpaired) electrons. The minimum atomic E-state index is 0. The van der Waals surface area contributed by atoms with Gasteiger partial charge < -0.3 is 0 Å². The molecule has 0 bridgehead atoms. The molecule has 0 aromatic rings. The molecule has 0 spiro atoms. The van der Waals surface area contributed by atoms with Gasteiger partial charge in [-0.15, -0.1) is 47.5 Å². The second kappa shape index (κ2) is 41.6. The van der Waals surface area contributed by atoms with Crippen molar-refractivity contribution in [3.05, 3.63) is 0 Å². The molecular formula is C18H54MoP6. The second-order valence-electron chi connectivity index (χ2n) is 8.05. The fourth-order valence-corrected chi connectivity index (χ4v) is 0. The molecule has 0 saturated heterocycles. The Morgan fingerprint density at radius 2 is 0.200 bits per heavy atom. The van der Waals surface area contributed by atoms with Crippen LogP contribution < -0.4 is 0 Å². The van der Waals surface area contributed by atoms with Crippen LogP contribution in [-0.2, 0) is 21.1 Å². The Balaban J connectivity index is -0.0000000309. The third-order valence-electron chi connectivity index (χ3n) is 0. The maximum absolute atomic E-state index is 2.23. The van der Waals surface area contributed by atoms with Crippen LogP contribution in [0.25, 0.3) is 0 Å². The summed E-state index contributed by atoms with van der Waals surface area (Å²) in [4.78, 5) is 0. The second-order valence-corrected chi connectivity index (χ2v) is 24.1.